The molecule has 4 amide bonds. The molecule has 4 rings (SSSR count). The van der Waals surface area contributed by atoms with Crippen molar-refractivity contribution < 1.29 is 48.1 Å². The predicted molar refractivity (Wildman–Crippen MR) is 144 cm³/mol. The molecule has 218 valence electrons. The van der Waals surface area contributed by atoms with Gasteiger partial charge in [-0.2, -0.15) is 0 Å². The van der Waals surface area contributed by atoms with Gasteiger partial charge in [-0.15, -0.1) is 0 Å². The lowest BCUT2D eigenvalue weighted by Crippen LogP contribution is -2.32. The zero-order chi connectivity index (χ0) is 29.4. The molecule has 1 heterocycles. The van der Waals surface area contributed by atoms with E-state index < -0.39 is 23.9 Å². The number of hydroxylamine groups is 2. The van der Waals surface area contributed by atoms with Crippen LogP contribution in [0.1, 0.15) is 42.7 Å². The van der Waals surface area contributed by atoms with Gasteiger partial charge in [0.05, 0.1) is 0 Å². The first kappa shape index (κ1) is 29.6. The van der Waals surface area contributed by atoms with Gasteiger partial charge in [0.25, 0.3) is 11.8 Å². The van der Waals surface area contributed by atoms with Gasteiger partial charge in [0.1, 0.15) is 19.8 Å². The molecule has 1 fully saturated rings. The third-order valence-electron chi connectivity index (χ3n) is 6.46. The van der Waals surface area contributed by atoms with Gasteiger partial charge in [-0.05, 0) is 59.4 Å². The predicted octanol–water partition coefficient (Wildman–Crippen LogP) is 2.33. The van der Waals surface area contributed by atoms with Crippen LogP contribution in [0.4, 0.5) is 16.2 Å². The second-order valence-corrected chi connectivity index (χ2v) is 9.40. The van der Waals surface area contributed by atoms with Crippen molar-refractivity contribution in [3.8, 4) is 11.1 Å². The molecule has 3 N–H and O–H groups in total. The van der Waals surface area contributed by atoms with Gasteiger partial charge in [-0.1, -0.05) is 17.2 Å². The zero-order valence-electron chi connectivity index (χ0n) is 22.5. The van der Waals surface area contributed by atoms with Crippen LogP contribution in [0.3, 0.4) is 0 Å². The fourth-order valence-electron chi connectivity index (χ4n) is 4.61. The van der Waals surface area contributed by atoms with E-state index in [1.54, 1.807) is 24.3 Å². The van der Waals surface area contributed by atoms with Gasteiger partial charge < -0.3 is 30.0 Å². The molecule has 13 heteroatoms. The number of hydrogen-bond donors (Lipinski definition) is 3. The van der Waals surface area contributed by atoms with Crippen molar-refractivity contribution in [1.29, 1.82) is 0 Å². The Kier molecular flexibility index (Phi) is 10.0. The molecule has 13 nitrogen and oxygen atoms in total. The van der Waals surface area contributed by atoms with Crippen LogP contribution in [0.5, 0.6) is 0 Å². The number of anilines is 2. The van der Waals surface area contributed by atoms with Gasteiger partial charge in [0.15, 0.2) is 0 Å². The number of rotatable bonds is 13. The Morgan fingerprint density at radius 3 is 2.05 bits per heavy atom. The highest BCUT2D eigenvalue weighted by molar-refractivity contribution is 6.01. The molecule has 0 saturated carbocycles. The summed E-state index contributed by atoms with van der Waals surface area (Å²) in [6.07, 6.45) is -0.0772. The maximum Gasteiger partial charge on any atom is 0.533 e. The van der Waals surface area contributed by atoms with E-state index in [9.17, 15) is 24.0 Å². The topological polar surface area (TPSA) is 170 Å². The van der Waals surface area contributed by atoms with Gasteiger partial charge in [0.2, 0.25) is 11.8 Å². The molecule has 2 aromatic carbocycles. The lowest BCUT2D eigenvalue weighted by Gasteiger charge is -2.17. The highest BCUT2D eigenvalue weighted by atomic mass is 16.8. The summed E-state index contributed by atoms with van der Waals surface area (Å²) in [5, 5.41) is 14.8. The Morgan fingerprint density at radius 1 is 0.902 bits per heavy atom. The number of aliphatic hydroxyl groups is 1. The zero-order valence-corrected chi connectivity index (χ0v) is 22.5. The molecule has 0 spiro atoms. The number of nitrogens with zero attached hydrogens (tertiary/aromatic N) is 1. The maximum absolute atomic E-state index is 12.4. The SMILES string of the molecule is COCC(=O)Nc1ccc2c(c1)C(COC(=O)ON1C(=O)CCC1=O)c1cc(NC(=O)COCCCCO)ccc1-2. The van der Waals surface area contributed by atoms with E-state index in [4.69, 9.17) is 24.2 Å². The maximum atomic E-state index is 12.4. The summed E-state index contributed by atoms with van der Waals surface area (Å²) in [7, 11) is 1.41. The van der Waals surface area contributed by atoms with Crippen LogP contribution >= 0.6 is 0 Å². The molecular weight excluding hydrogens is 538 g/mol. The number of benzene rings is 2. The Bertz CT molecular complexity index is 1310. The van der Waals surface area contributed by atoms with Crippen molar-refractivity contribution in [2.24, 2.45) is 0 Å². The number of carbonyl (C=O) groups excluding carboxylic acids is 5. The van der Waals surface area contributed by atoms with Crippen LogP contribution in [0.25, 0.3) is 11.1 Å². The summed E-state index contributed by atoms with van der Waals surface area (Å²) in [5.41, 5.74) is 4.15. The van der Waals surface area contributed by atoms with Crippen molar-refractivity contribution in [3.05, 3.63) is 47.5 Å². The minimum Gasteiger partial charge on any atom is -0.432 e. The molecule has 2 aliphatic rings. The van der Waals surface area contributed by atoms with E-state index in [-0.39, 0.29) is 51.1 Å². The van der Waals surface area contributed by atoms with E-state index in [1.165, 1.54) is 7.11 Å². The van der Waals surface area contributed by atoms with Gasteiger partial charge >= 0.3 is 6.16 Å². The van der Waals surface area contributed by atoms with Gasteiger partial charge in [0, 0.05) is 50.5 Å². The van der Waals surface area contributed by atoms with E-state index in [0.29, 0.717) is 35.9 Å². The third kappa shape index (κ3) is 7.45. The first-order chi connectivity index (χ1) is 19.8. The van der Waals surface area contributed by atoms with Crippen molar-refractivity contribution in [1.82, 2.24) is 5.06 Å². The average molecular weight is 570 g/mol. The van der Waals surface area contributed by atoms with Crippen LogP contribution in [0.15, 0.2) is 36.4 Å². The minimum absolute atomic E-state index is 0.0464. The summed E-state index contributed by atoms with van der Waals surface area (Å²) in [6.45, 7) is -0.0839. The van der Waals surface area contributed by atoms with E-state index in [2.05, 4.69) is 10.6 Å². The Hall–Kier alpha value is -4.33. The van der Waals surface area contributed by atoms with E-state index >= 15 is 0 Å². The summed E-state index contributed by atoms with van der Waals surface area (Å²) in [5.74, 6) is -2.48. The first-order valence-electron chi connectivity index (χ1n) is 13.1. The Morgan fingerprint density at radius 2 is 1.49 bits per heavy atom. The molecule has 2 aromatic rings. The number of imide groups is 1. The standard InChI is InChI=1S/C28H31N3O10/c1-38-15-24(33)29-17-4-6-19-20-7-5-18(30-25(34)16-39-11-3-2-10-32)13-22(20)23(21(19)12-17)14-40-28(37)41-31-26(35)8-9-27(31)36/h4-7,12-13,23,32H,2-3,8-11,14-16H2,1H3,(H,29,33)(H,30,34). The van der Waals surface area contributed by atoms with Crippen LogP contribution in [-0.2, 0) is 38.2 Å². The second kappa shape index (κ2) is 13.8. The number of carbonyl (C=O) groups is 5. The van der Waals surface area contributed by atoms with Gasteiger partial charge in [-0.3, -0.25) is 24.0 Å². The highest BCUT2D eigenvalue weighted by Gasteiger charge is 2.35. The number of amides is 4. The molecule has 0 radical (unpaired) electrons. The molecule has 1 aliphatic carbocycles. The van der Waals surface area contributed by atoms with Gasteiger partial charge in [-0.25, -0.2) is 4.79 Å². The first-order valence-corrected chi connectivity index (χ1v) is 13.1. The Balaban J connectivity index is 1.51. The number of nitrogens with one attached hydrogen (secondary N) is 2. The van der Waals surface area contributed by atoms with Crippen LogP contribution in [0, 0.1) is 0 Å². The average Bonchev–Trinajstić information content (AvgIpc) is 3.42. The smallest absolute Gasteiger partial charge is 0.432 e. The molecule has 0 bridgehead atoms. The van der Waals surface area contributed by atoms with Crippen LogP contribution in [-0.4, -0.2) is 80.1 Å². The summed E-state index contributed by atoms with van der Waals surface area (Å²) in [6, 6.07) is 10.7. The van der Waals surface area contributed by atoms with Crippen molar-refractivity contribution >= 4 is 41.2 Å². The normalized spacial score (nSPS) is 15.4. The minimum atomic E-state index is -1.21. The molecule has 1 aliphatic heterocycles. The third-order valence-corrected chi connectivity index (χ3v) is 6.46. The largest absolute Gasteiger partial charge is 0.533 e. The number of ether oxygens (including phenoxy) is 3. The fraction of sp³-hybridized carbons (Fsp3) is 0.393. The molecule has 41 heavy (non-hydrogen) atoms. The molecular formula is C28H31N3O10. The highest BCUT2D eigenvalue weighted by Crippen LogP contribution is 2.47. The van der Waals surface area contributed by atoms with Crippen LogP contribution in [0.2, 0.25) is 0 Å². The quantitative estimate of drug-likeness (QED) is 0.185. The van der Waals surface area contributed by atoms with E-state index in [1.807, 2.05) is 12.1 Å². The molecule has 0 aromatic heterocycles. The molecule has 1 saturated heterocycles. The summed E-state index contributed by atoms with van der Waals surface area (Å²) >= 11 is 0. The van der Waals surface area contributed by atoms with Crippen molar-refractivity contribution in [2.45, 2.75) is 31.6 Å². The van der Waals surface area contributed by atoms with Crippen molar-refractivity contribution in [2.75, 3.05) is 50.8 Å². The number of methoxy groups -OCH3 is 1. The summed E-state index contributed by atoms with van der Waals surface area (Å²) < 4.78 is 15.5. The van der Waals surface area contributed by atoms with E-state index in [0.717, 1.165) is 22.3 Å². The lowest BCUT2D eigenvalue weighted by molar-refractivity contribution is -0.177. The van der Waals surface area contributed by atoms with Crippen molar-refractivity contribution in [3.63, 3.8) is 0 Å². The number of fused-ring (bicyclic) bond motifs is 3. The number of aliphatic hydroxyl groups excluding tert-OH is 1. The fourth-order valence-corrected chi connectivity index (χ4v) is 4.61. The number of hydrogen-bond acceptors (Lipinski definition) is 10. The monoisotopic (exact) mass is 569 g/mol. The van der Waals surface area contributed by atoms with Crippen LogP contribution < -0.4 is 10.6 Å². The number of unbranched alkanes of at least 4 members (excludes halogenated alkanes) is 1. The second-order valence-electron chi connectivity index (χ2n) is 9.40. The Labute approximate surface area is 235 Å². The molecule has 1 unspecified atom stereocenters. The molecule has 1 atom stereocenters. The summed E-state index contributed by atoms with van der Waals surface area (Å²) in [4.78, 5) is 65.3. The lowest BCUT2D eigenvalue weighted by atomic mass is 9.97.